The molecule has 1 unspecified atom stereocenters. The van der Waals surface area contributed by atoms with E-state index in [1.165, 1.54) is 45.2 Å². The van der Waals surface area contributed by atoms with Gasteiger partial charge in [-0.3, -0.25) is 0 Å². The number of ether oxygens (including phenoxy) is 1. The summed E-state index contributed by atoms with van der Waals surface area (Å²) in [6, 6.07) is 0. The summed E-state index contributed by atoms with van der Waals surface area (Å²) in [5, 5.41) is 3.43. The van der Waals surface area contributed by atoms with Gasteiger partial charge in [0.1, 0.15) is 0 Å². The molecule has 0 radical (unpaired) electrons. The van der Waals surface area contributed by atoms with Crippen LogP contribution in [0.5, 0.6) is 0 Å². The van der Waals surface area contributed by atoms with Gasteiger partial charge in [0.2, 0.25) is 0 Å². The zero-order chi connectivity index (χ0) is 11.1. The molecule has 2 fully saturated rings. The highest BCUT2D eigenvalue weighted by Crippen LogP contribution is 2.39. The Morgan fingerprint density at radius 3 is 2.33 bits per heavy atom. The Balaban J connectivity index is 0.000000531. The number of hydrogen-bond donors (Lipinski definition) is 1. The topological polar surface area (TPSA) is 21.3 Å². The van der Waals surface area contributed by atoms with Gasteiger partial charge in [0, 0.05) is 0 Å². The zero-order valence-corrected chi connectivity index (χ0v) is 10.6. The van der Waals surface area contributed by atoms with Crippen molar-refractivity contribution in [2.75, 3.05) is 19.7 Å². The molecule has 0 aromatic heterocycles. The maximum Gasteiger partial charge on any atom is 0.0573 e. The molecule has 0 aromatic carbocycles. The van der Waals surface area contributed by atoms with Crippen LogP contribution >= 0.6 is 0 Å². The normalized spacial score (nSPS) is 29.4. The molecular formula is C13H27NO. The van der Waals surface area contributed by atoms with Crippen LogP contribution in [0.25, 0.3) is 0 Å². The van der Waals surface area contributed by atoms with Gasteiger partial charge in [-0.15, -0.1) is 0 Å². The van der Waals surface area contributed by atoms with Crippen LogP contribution in [0, 0.1) is 5.41 Å². The van der Waals surface area contributed by atoms with E-state index in [1.54, 1.807) is 0 Å². The number of rotatable bonds is 1. The third-order valence-electron chi connectivity index (χ3n) is 3.74. The Kier molecular flexibility index (Phi) is 5.62. The van der Waals surface area contributed by atoms with Crippen LogP contribution in [0.3, 0.4) is 0 Å². The SMILES string of the molecule is CC.CCC1CCC2(CCNCC2)CO1. The van der Waals surface area contributed by atoms with E-state index in [4.69, 9.17) is 4.74 Å². The maximum atomic E-state index is 5.89. The highest BCUT2D eigenvalue weighted by molar-refractivity contribution is 4.88. The smallest absolute Gasteiger partial charge is 0.0573 e. The fourth-order valence-corrected chi connectivity index (χ4v) is 2.59. The summed E-state index contributed by atoms with van der Waals surface area (Å²) in [5.41, 5.74) is 0.552. The molecule has 1 spiro atoms. The second kappa shape index (κ2) is 6.49. The van der Waals surface area contributed by atoms with Gasteiger partial charge in [-0.05, 0) is 50.6 Å². The lowest BCUT2D eigenvalue weighted by Crippen LogP contribution is -2.43. The van der Waals surface area contributed by atoms with Crippen molar-refractivity contribution >= 4 is 0 Å². The monoisotopic (exact) mass is 213 g/mol. The van der Waals surface area contributed by atoms with E-state index in [0.717, 1.165) is 6.61 Å². The van der Waals surface area contributed by atoms with Crippen LogP contribution in [0.4, 0.5) is 0 Å². The molecule has 0 aromatic rings. The Labute approximate surface area is 94.8 Å². The fraction of sp³-hybridized carbons (Fsp3) is 1.00. The maximum absolute atomic E-state index is 5.89. The molecule has 2 nitrogen and oxygen atoms in total. The van der Waals surface area contributed by atoms with Crippen molar-refractivity contribution in [3.8, 4) is 0 Å². The Morgan fingerprint density at radius 1 is 1.20 bits per heavy atom. The van der Waals surface area contributed by atoms with E-state index in [-0.39, 0.29) is 0 Å². The highest BCUT2D eigenvalue weighted by Gasteiger charge is 2.36. The molecule has 2 aliphatic heterocycles. The molecule has 1 N–H and O–H groups in total. The summed E-state index contributed by atoms with van der Waals surface area (Å²) in [6.07, 6.45) is 7.07. The number of hydrogen-bond acceptors (Lipinski definition) is 2. The molecule has 15 heavy (non-hydrogen) atoms. The van der Waals surface area contributed by atoms with Crippen LogP contribution < -0.4 is 5.32 Å². The van der Waals surface area contributed by atoms with Gasteiger partial charge in [0.15, 0.2) is 0 Å². The first-order valence-corrected chi connectivity index (χ1v) is 6.67. The molecule has 0 aliphatic carbocycles. The van der Waals surface area contributed by atoms with Gasteiger partial charge in [-0.2, -0.15) is 0 Å². The van der Waals surface area contributed by atoms with Crippen molar-refractivity contribution < 1.29 is 4.74 Å². The number of nitrogens with one attached hydrogen (secondary N) is 1. The van der Waals surface area contributed by atoms with Crippen LogP contribution in [0.2, 0.25) is 0 Å². The van der Waals surface area contributed by atoms with Crippen molar-refractivity contribution in [2.24, 2.45) is 5.41 Å². The third kappa shape index (κ3) is 3.46. The van der Waals surface area contributed by atoms with Crippen molar-refractivity contribution in [3.63, 3.8) is 0 Å². The molecule has 90 valence electrons. The third-order valence-corrected chi connectivity index (χ3v) is 3.74. The average molecular weight is 213 g/mol. The van der Waals surface area contributed by atoms with E-state index in [1.807, 2.05) is 13.8 Å². The van der Waals surface area contributed by atoms with E-state index in [0.29, 0.717) is 11.5 Å². The lowest BCUT2D eigenvalue weighted by atomic mass is 9.74. The summed E-state index contributed by atoms with van der Waals surface area (Å²) in [6.45, 7) is 9.64. The Morgan fingerprint density at radius 2 is 1.87 bits per heavy atom. The summed E-state index contributed by atoms with van der Waals surface area (Å²) in [4.78, 5) is 0. The van der Waals surface area contributed by atoms with Gasteiger partial charge >= 0.3 is 0 Å². The molecular weight excluding hydrogens is 186 g/mol. The van der Waals surface area contributed by atoms with Gasteiger partial charge < -0.3 is 10.1 Å². The van der Waals surface area contributed by atoms with Gasteiger partial charge in [0.05, 0.1) is 12.7 Å². The number of piperidine rings is 1. The molecule has 2 rings (SSSR count). The predicted octanol–water partition coefficient (Wildman–Crippen LogP) is 2.97. The Bertz CT molecular complexity index is 154. The first-order valence-electron chi connectivity index (χ1n) is 6.67. The molecule has 2 aliphatic rings. The van der Waals surface area contributed by atoms with E-state index in [9.17, 15) is 0 Å². The van der Waals surface area contributed by atoms with Crippen LogP contribution in [0.15, 0.2) is 0 Å². The van der Waals surface area contributed by atoms with Crippen molar-refractivity contribution in [1.82, 2.24) is 5.32 Å². The first-order chi connectivity index (χ1) is 7.35. The van der Waals surface area contributed by atoms with E-state index < -0.39 is 0 Å². The molecule has 1 atom stereocenters. The lowest BCUT2D eigenvalue weighted by Gasteiger charge is -2.42. The molecule has 0 amide bonds. The molecule has 0 saturated carbocycles. The van der Waals surface area contributed by atoms with Crippen LogP contribution in [0.1, 0.15) is 52.9 Å². The second-order valence-corrected chi connectivity index (χ2v) is 4.63. The van der Waals surface area contributed by atoms with Crippen LogP contribution in [-0.4, -0.2) is 25.8 Å². The summed E-state index contributed by atoms with van der Waals surface area (Å²) in [5.74, 6) is 0. The first kappa shape index (κ1) is 13.0. The fourth-order valence-electron chi connectivity index (χ4n) is 2.59. The van der Waals surface area contributed by atoms with Gasteiger partial charge in [-0.1, -0.05) is 20.8 Å². The van der Waals surface area contributed by atoms with Crippen molar-refractivity contribution in [1.29, 1.82) is 0 Å². The summed E-state index contributed by atoms with van der Waals surface area (Å²) >= 11 is 0. The van der Waals surface area contributed by atoms with Gasteiger partial charge in [0.25, 0.3) is 0 Å². The molecule has 2 heterocycles. The highest BCUT2D eigenvalue weighted by atomic mass is 16.5. The predicted molar refractivity (Wildman–Crippen MR) is 65.1 cm³/mol. The summed E-state index contributed by atoms with van der Waals surface area (Å²) < 4.78 is 5.89. The largest absolute Gasteiger partial charge is 0.378 e. The quantitative estimate of drug-likeness (QED) is 0.723. The zero-order valence-electron chi connectivity index (χ0n) is 10.6. The minimum absolute atomic E-state index is 0.552. The molecule has 2 saturated heterocycles. The standard InChI is InChI=1S/C11H21NO.C2H6/c1-2-10-3-4-11(9-13-10)5-7-12-8-6-11;1-2/h10,12H,2-9H2,1H3;1-2H3. The van der Waals surface area contributed by atoms with Crippen molar-refractivity contribution in [2.45, 2.75) is 59.0 Å². The second-order valence-electron chi connectivity index (χ2n) is 4.63. The summed E-state index contributed by atoms with van der Waals surface area (Å²) in [7, 11) is 0. The van der Waals surface area contributed by atoms with E-state index >= 15 is 0 Å². The minimum Gasteiger partial charge on any atom is -0.378 e. The van der Waals surface area contributed by atoms with E-state index in [2.05, 4.69) is 12.2 Å². The molecule has 0 bridgehead atoms. The minimum atomic E-state index is 0.552. The average Bonchev–Trinajstić information content (AvgIpc) is 2.34. The Hall–Kier alpha value is -0.0800. The van der Waals surface area contributed by atoms with Gasteiger partial charge in [-0.25, -0.2) is 0 Å². The van der Waals surface area contributed by atoms with Crippen LogP contribution in [-0.2, 0) is 4.74 Å². The van der Waals surface area contributed by atoms with Crippen molar-refractivity contribution in [3.05, 3.63) is 0 Å². The molecule has 2 heteroatoms. The lowest BCUT2D eigenvalue weighted by molar-refractivity contribution is -0.0750.